The molecule has 0 aliphatic carbocycles. The molecule has 2 heterocycles. The monoisotopic (exact) mass is 436 g/mol. The average molecular weight is 437 g/mol. The molecular formula is C25H32N4O3. The quantitative estimate of drug-likeness (QED) is 0.565. The van der Waals surface area contributed by atoms with Gasteiger partial charge in [-0.25, -0.2) is 4.98 Å². The number of carbonyl (C=O) groups is 1. The first-order valence-corrected chi connectivity index (χ1v) is 11.4. The third-order valence-corrected chi connectivity index (χ3v) is 5.92. The number of hydrogen-bond donors (Lipinski definition) is 1. The highest BCUT2D eigenvalue weighted by molar-refractivity contribution is 5.94. The van der Waals surface area contributed by atoms with Gasteiger partial charge in [0.05, 0.1) is 24.7 Å². The maximum Gasteiger partial charge on any atom is 0.262 e. The highest BCUT2D eigenvalue weighted by Crippen LogP contribution is 2.26. The van der Waals surface area contributed by atoms with Gasteiger partial charge in [0, 0.05) is 12.2 Å². The Hall–Kier alpha value is -3.06. The maximum atomic E-state index is 12.4. The summed E-state index contributed by atoms with van der Waals surface area (Å²) in [5, 5.41) is 2.91. The summed E-state index contributed by atoms with van der Waals surface area (Å²) in [6, 6.07) is 13.2. The summed E-state index contributed by atoms with van der Waals surface area (Å²) in [5.41, 5.74) is 2.72. The van der Waals surface area contributed by atoms with Gasteiger partial charge in [-0.05, 0) is 63.2 Å². The molecule has 0 atom stereocenters. The van der Waals surface area contributed by atoms with Gasteiger partial charge in [0.25, 0.3) is 5.91 Å². The lowest BCUT2D eigenvalue weighted by Crippen LogP contribution is -2.25. The Kier molecular flexibility index (Phi) is 7.27. The lowest BCUT2D eigenvalue weighted by atomic mass is 10.2. The number of aromatic nitrogens is 2. The first-order valence-electron chi connectivity index (χ1n) is 11.4. The van der Waals surface area contributed by atoms with E-state index in [0.717, 1.165) is 43.0 Å². The molecular weight excluding hydrogens is 404 g/mol. The summed E-state index contributed by atoms with van der Waals surface area (Å²) >= 11 is 0. The van der Waals surface area contributed by atoms with Gasteiger partial charge in [-0.15, -0.1) is 0 Å². The molecule has 1 fully saturated rings. The van der Waals surface area contributed by atoms with E-state index in [2.05, 4.69) is 21.7 Å². The van der Waals surface area contributed by atoms with Crippen molar-refractivity contribution < 1.29 is 14.3 Å². The zero-order valence-electron chi connectivity index (χ0n) is 19.0. The molecule has 0 saturated carbocycles. The van der Waals surface area contributed by atoms with Crippen LogP contribution in [-0.2, 0) is 17.9 Å². The summed E-state index contributed by atoms with van der Waals surface area (Å²) in [6.45, 7) is 6.08. The van der Waals surface area contributed by atoms with E-state index in [-0.39, 0.29) is 12.5 Å². The topological polar surface area (TPSA) is 68.6 Å². The molecule has 32 heavy (non-hydrogen) atoms. The van der Waals surface area contributed by atoms with Crippen LogP contribution in [0.1, 0.15) is 38.4 Å². The van der Waals surface area contributed by atoms with Crippen molar-refractivity contribution in [3.63, 3.8) is 0 Å². The van der Waals surface area contributed by atoms with Gasteiger partial charge in [0.15, 0.2) is 18.1 Å². The van der Waals surface area contributed by atoms with Gasteiger partial charge < -0.3 is 19.4 Å². The number of anilines is 1. The van der Waals surface area contributed by atoms with Crippen molar-refractivity contribution in [2.24, 2.45) is 0 Å². The summed E-state index contributed by atoms with van der Waals surface area (Å²) in [6.07, 6.45) is 5.17. The van der Waals surface area contributed by atoms with Crippen LogP contribution in [0, 0.1) is 0 Å². The Morgan fingerprint density at radius 2 is 1.81 bits per heavy atom. The van der Waals surface area contributed by atoms with Crippen LogP contribution < -0.4 is 14.8 Å². The zero-order valence-corrected chi connectivity index (χ0v) is 19.0. The van der Waals surface area contributed by atoms with E-state index in [0.29, 0.717) is 17.2 Å². The molecule has 0 radical (unpaired) electrons. The smallest absolute Gasteiger partial charge is 0.262 e. The Labute approximate surface area is 189 Å². The Balaban J connectivity index is 1.44. The van der Waals surface area contributed by atoms with Crippen molar-refractivity contribution in [3.05, 3.63) is 48.3 Å². The highest BCUT2D eigenvalue weighted by Gasteiger charge is 2.16. The molecule has 2 aromatic carbocycles. The number of para-hydroxylation sites is 2. The van der Waals surface area contributed by atoms with E-state index in [9.17, 15) is 4.79 Å². The van der Waals surface area contributed by atoms with Crippen LogP contribution in [0.3, 0.4) is 0 Å². The summed E-state index contributed by atoms with van der Waals surface area (Å²) in [4.78, 5) is 19.9. The number of aryl methyl sites for hydroxylation is 1. The molecule has 170 valence electrons. The molecule has 1 aromatic heterocycles. The molecule has 0 bridgehead atoms. The minimum absolute atomic E-state index is 0.0952. The molecule has 1 amide bonds. The normalized spacial score (nSPS) is 14.8. The van der Waals surface area contributed by atoms with Crippen LogP contribution in [0.5, 0.6) is 11.5 Å². The van der Waals surface area contributed by atoms with Crippen molar-refractivity contribution in [2.45, 2.75) is 45.7 Å². The predicted molar refractivity (Wildman–Crippen MR) is 126 cm³/mol. The first kappa shape index (κ1) is 22.1. The van der Waals surface area contributed by atoms with Crippen molar-refractivity contribution >= 4 is 22.6 Å². The van der Waals surface area contributed by atoms with Crippen LogP contribution in [0.15, 0.2) is 42.5 Å². The summed E-state index contributed by atoms with van der Waals surface area (Å²) in [5.74, 6) is 2.01. The first-order chi connectivity index (χ1) is 15.7. The Morgan fingerprint density at radius 3 is 2.53 bits per heavy atom. The van der Waals surface area contributed by atoms with Crippen LogP contribution >= 0.6 is 0 Å². The second-order valence-corrected chi connectivity index (χ2v) is 8.15. The predicted octanol–water partition coefficient (Wildman–Crippen LogP) is 4.46. The van der Waals surface area contributed by atoms with E-state index >= 15 is 0 Å². The van der Waals surface area contributed by atoms with E-state index in [4.69, 9.17) is 14.5 Å². The van der Waals surface area contributed by atoms with E-state index < -0.39 is 0 Å². The molecule has 4 rings (SSSR count). The minimum atomic E-state index is -0.227. The molecule has 0 unspecified atom stereocenters. The van der Waals surface area contributed by atoms with Crippen molar-refractivity contribution in [3.8, 4) is 11.5 Å². The lowest BCUT2D eigenvalue weighted by molar-refractivity contribution is -0.118. The van der Waals surface area contributed by atoms with Crippen LogP contribution in [0.25, 0.3) is 11.0 Å². The van der Waals surface area contributed by atoms with Crippen LogP contribution in [0.2, 0.25) is 0 Å². The fourth-order valence-corrected chi connectivity index (χ4v) is 4.30. The number of nitrogens with zero attached hydrogens (tertiary/aromatic N) is 3. The number of methoxy groups -OCH3 is 1. The van der Waals surface area contributed by atoms with Gasteiger partial charge in [0.1, 0.15) is 5.82 Å². The van der Waals surface area contributed by atoms with Crippen LogP contribution in [-0.4, -0.2) is 47.2 Å². The molecule has 7 nitrogen and oxygen atoms in total. The number of carbonyl (C=O) groups excluding carboxylic acids is 1. The number of amides is 1. The molecule has 7 heteroatoms. The minimum Gasteiger partial charge on any atom is -0.493 e. The number of hydrogen-bond acceptors (Lipinski definition) is 5. The Morgan fingerprint density at radius 1 is 1.06 bits per heavy atom. The number of fused-ring (bicyclic) bond motifs is 1. The largest absolute Gasteiger partial charge is 0.493 e. The maximum absolute atomic E-state index is 12.4. The number of imidazole rings is 1. The fourth-order valence-electron chi connectivity index (χ4n) is 4.30. The van der Waals surface area contributed by atoms with Crippen LogP contribution in [0.4, 0.5) is 5.69 Å². The molecule has 1 saturated heterocycles. The number of likely N-dealkylation sites (tertiary alicyclic amines) is 1. The fraction of sp³-hybridized carbons (Fsp3) is 0.440. The SMILES string of the molecule is CCn1c(CN2CCCCCC2)nc2cc(NC(=O)COc3ccccc3OC)ccc21. The van der Waals surface area contributed by atoms with Gasteiger partial charge in [-0.3, -0.25) is 9.69 Å². The number of nitrogens with one attached hydrogen (secondary N) is 1. The molecule has 1 aliphatic heterocycles. The second-order valence-electron chi connectivity index (χ2n) is 8.15. The summed E-state index contributed by atoms with van der Waals surface area (Å²) in [7, 11) is 1.58. The third-order valence-electron chi connectivity index (χ3n) is 5.92. The second kappa shape index (κ2) is 10.5. The van der Waals surface area contributed by atoms with E-state index in [1.165, 1.54) is 25.7 Å². The van der Waals surface area contributed by atoms with Crippen molar-refractivity contribution in [2.75, 3.05) is 32.1 Å². The lowest BCUT2D eigenvalue weighted by Gasteiger charge is -2.19. The van der Waals surface area contributed by atoms with Gasteiger partial charge in [-0.2, -0.15) is 0 Å². The molecule has 3 aromatic rings. The summed E-state index contributed by atoms with van der Waals surface area (Å²) < 4.78 is 13.2. The molecule has 0 spiro atoms. The van der Waals surface area contributed by atoms with Gasteiger partial charge >= 0.3 is 0 Å². The van der Waals surface area contributed by atoms with Gasteiger partial charge in [-0.1, -0.05) is 25.0 Å². The van der Waals surface area contributed by atoms with Crippen molar-refractivity contribution in [1.82, 2.24) is 14.5 Å². The van der Waals surface area contributed by atoms with E-state index in [1.54, 1.807) is 19.2 Å². The number of benzene rings is 2. The third kappa shape index (κ3) is 5.22. The number of rotatable bonds is 8. The Bertz CT molecular complexity index is 1050. The van der Waals surface area contributed by atoms with E-state index in [1.807, 2.05) is 30.3 Å². The number of ether oxygens (including phenoxy) is 2. The standard InChI is InChI=1S/C25H32N4O3/c1-3-29-21-13-12-19(26-25(30)18-32-23-11-7-6-10-22(23)31-2)16-20(21)27-24(29)17-28-14-8-4-5-9-15-28/h6-7,10-13,16H,3-5,8-9,14-15,17-18H2,1-2H3,(H,26,30). The zero-order chi connectivity index (χ0) is 22.3. The highest BCUT2D eigenvalue weighted by atomic mass is 16.5. The molecule has 1 aliphatic rings. The molecule has 1 N–H and O–H groups in total. The average Bonchev–Trinajstić information content (AvgIpc) is 2.95. The van der Waals surface area contributed by atoms with Crippen molar-refractivity contribution in [1.29, 1.82) is 0 Å². The van der Waals surface area contributed by atoms with Gasteiger partial charge in [0.2, 0.25) is 0 Å².